The summed E-state index contributed by atoms with van der Waals surface area (Å²) in [5, 5.41) is 0. The van der Waals surface area contributed by atoms with E-state index < -0.39 is 9.84 Å². The van der Waals surface area contributed by atoms with Gasteiger partial charge in [0.2, 0.25) is 0 Å². The summed E-state index contributed by atoms with van der Waals surface area (Å²) in [7, 11) is -3.18. The zero-order chi connectivity index (χ0) is 12.0. The van der Waals surface area contributed by atoms with Gasteiger partial charge in [-0.2, -0.15) is 0 Å². The van der Waals surface area contributed by atoms with E-state index in [4.69, 9.17) is 5.73 Å². The smallest absolute Gasteiger partial charge is 0.175 e. The molecule has 1 aromatic rings. The summed E-state index contributed by atoms with van der Waals surface area (Å²) in [5.41, 5.74) is 6.77. The number of hydrogen-bond donors (Lipinski definition) is 1. The first kappa shape index (κ1) is 12.1. The Hall–Kier alpha value is -0.390. The van der Waals surface area contributed by atoms with Gasteiger partial charge in [0.1, 0.15) is 0 Å². The maximum atomic E-state index is 11.5. The molecule has 5 heteroatoms. The molecule has 0 unspecified atom stereocenters. The molecule has 0 spiro atoms. The zero-order valence-electron chi connectivity index (χ0n) is 9.03. The summed E-state index contributed by atoms with van der Waals surface area (Å²) in [6, 6.07) is 5.22. The van der Waals surface area contributed by atoms with Crippen LogP contribution in [-0.2, 0) is 15.4 Å². The van der Waals surface area contributed by atoms with Gasteiger partial charge in [0.05, 0.1) is 4.90 Å². The number of rotatable bonds is 2. The highest BCUT2D eigenvalue weighted by Gasteiger charge is 2.35. The van der Waals surface area contributed by atoms with E-state index in [9.17, 15) is 8.42 Å². The molecule has 0 bridgehead atoms. The SMILES string of the molecule is CS(=O)(=O)c1cc(Br)cc(C2(N)CCC2)c1. The Morgan fingerprint density at radius 2 is 1.94 bits per heavy atom. The third-order valence-corrected chi connectivity index (χ3v) is 4.67. The van der Waals surface area contributed by atoms with E-state index in [1.54, 1.807) is 12.1 Å². The van der Waals surface area contributed by atoms with Crippen molar-refractivity contribution in [1.29, 1.82) is 0 Å². The number of benzene rings is 1. The van der Waals surface area contributed by atoms with Crippen LogP contribution >= 0.6 is 15.9 Å². The summed E-state index contributed by atoms with van der Waals surface area (Å²) in [6.07, 6.45) is 4.17. The normalized spacial score (nSPS) is 19.2. The van der Waals surface area contributed by atoms with E-state index in [0.717, 1.165) is 29.3 Å². The maximum absolute atomic E-state index is 11.5. The second-order valence-electron chi connectivity index (χ2n) is 4.46. The number of hydrogen-bond acceptors (Lipinski definition) is 3. The van der Waals surface area contributed by atoms with E-state index in [1.165, 1.54) is 6.26 Å². The Kier molecular flexibility index (Phi) is 2.88. The molecular weight excluding hydrogens is 290 g/mol. The molecule has 2 N–H and O–H groups in total. The van der Waals surface area contributed by atoms with Gasteiger partial charge < -0.3 is 5.73 Å². The van der Waals surface area contributed by atoms with Gasteiger partial charge in [-0.15, -0.1) is 0 Å². The van der Waals surface area contributed by atoms with Gasteiger partial charge in [0.15, 0.2) is 9.84 Å². The van der Waals surface area contributed by atoms with Crippen molar-refractivity contribution in [2.24, 2.45) is 5.73 Å². The molecule has 0 saturated heterocycles. The molecule has 0 heterocycles. The van der Waals surface area contributed by atoms with Crippen molar-refractivity contribution in [2.45, 2.75) is 29.7 Å². The third kappa shape index (κ3) is 2.17. The Morgan fingerprint density at radius 3 is 2.38 bits per heavy atom. The Bertz CT molecular complexity index is 521. The van der Waals surface area contributed by atoms with Crippen molar-refractivity contribution in [1.82, 2.24) is 0 Å². The first-order valence-electron chi connectivity index (χ1n) is 5.11. The van der Waals surface area contributed by atoms with Gasteiger partial charge in [-0.25, -0.2) is 8.42 Å². The summed E-state index contributed by atoms with van der Waals surface area (Å²) < 4.78 is 23.8. The van der Waals surface area contributed by atoms with E-state index >= 15 is 0 Å². The van der Waals surface area contributed by atoms with Gasteiger partial charge in [0.25, 0.3) is 0 Å². The van der Waals surface area contributed by atoms with Gasteiger partial charge in [-0.3, -0.25) is 0 Å². The molecule has 0 aromatic heterocycles. The summed E-state index contributed by atoms with van der Waals surface area (Å²) in [6.45, 7) is 0. The van der Waals surface area contributed by atoms with Gasteiger partial charge >= 0.3 is 0 Å². The highest BCUT2D eigenvalue weighted by Crippen LogP contribution is 2.40. The molecule has 1 aliphatic carbocycles. The monoisotopic (exact) mass is 303 g/mol. The molecule has 0 aliphatic heterocycles. The molecule has 88 valence electrons. The molecule has 1 aromatic carbocycles. The number of halogens is 1. The summed E-state index contributed by atoms with van der Waals surface area (Å²) in [5.74, 6) is 0. The fourth-order valence-corrected chi connectivity index (χ4v) is 3.24. The second-order valence-corrected chi connectivity index (χ2v) is 7.39. The van der Waals surface area contributed by atoms with Gasteiger partial charge in [-0.1, -0.05) is 15.9 Å². The van der Waals surface area contributed by atoms with Crippen LogP contribution in [0.3, 0.4) is 0 Å². The Morgan fingerprint density at radius 1 is 1.31 bits per heavy atom. The van der Waals surface area contributed by atoms with Crippen molar-refractivity contribution in [3.63, 3.8) is 0 Å². The fraction of sp³-hybridized carbons (Fsp3) is 0.455. The first-order chi connectivity index (χ1) is 7.31. The standard InChI is InChI=1S/C11H14BrNO2S/c1-16(14,15)10-6-8(5-9(12)7-10)11(13)3-2-4-11/h5-7H,2-4,13H2,1H3. The van der Waals surface area contributed by atoms with E-state index in [0.29, 0.717) is 4.90 Å². The molecule has 2 rings (SSSR count). The molecule has 3 nitrogen and oxygen atoms in total. The predicted molar refractivity (Wildman–Crippen MR) is 67.0 cm³/mol. The van der Waals surface area contributed by atoms with Crippen molar-refractivity contribution in [3.8, 4) is 0 Å². The lowest BCUT2D eigenvalue weighted by Gasteiger charge is -2.38. The van der Waals surface area contributed by atoms with Crippen LogP contribution in [0.1, 0.15) is 24.8 Å². The lowest BCUT2D eigenvalue weighted by atomic mass is 9.73. The van der Waals surface area contributed by atoms with E-state index in [2.05, 4.69) is 15.9 Å². The van der Waals surface area contributed by atoms with Gasteiger partial charge in [-0.05, 0) is 43.0 Å². The fourth-order valence-electron chi connectivity index (χ4n) is 1.91. The molecular formula is C11H14BrNO2S. The molecule has 1 fully saturated rings. The minimum Gasteiger partial charge on any atom is -0.321 e. The van der Waals surface area contributed by atoms with Crippen molar-refractivity contribution < 1.29 is 8.42 Å². The van der Waals surface area contributed by atoms with Crippen LogP contribution in [0.5, 0.6) is 0 Å². The van der Waals surface area contributed by atoms with Crippen LogP contribution < -0.4 is 5.73 Å². The minimum atomic E-state index is -3.18. The van der Waals surface area contributed by atoms with Crippen LogP contribution in [0.4, 0.5) is 0 Å². The second kappa shape index (κ2) is 3.82. The van der Waals surface area contributed by atoms with Crippen LogP contribution in [0.25, 0.3) is 0 Å². The lowest BCUT2D eigenvalue weighted by molar-refractivity contribution is 0.253. The predicted octanol–water partition coefficient (Wildman–Crippen LogP) is 2.19. The Balaban J connectivity index is 2.52. The maximum Gasteiger partial charge on any atom is 0.175 e. The van der Waals surface area contributed by atoms with Crippen LogP contribution in [0.2, 0.25) is 0 Å². The van der Waals surface area contributed by atoms with E-state index in [1.807, 2.05) is 6.07 Å². The minimum absolute atomic E-state index is 0.327. The molecule has 16 heavy (non-hydrogen) atoms. The zero-order valence-corrected chi connectivity index (χ0v) is 11.4. The summed E-state index contributed by atoms with van der Waals surface area (Å²) >= 11 is 3.33. The highest BCUT2D eigenvalue weighted by molar-refractivity contribution is 9.10. The van der Waals surface area contributed by atoms with E-state index in [-0.39, 0.29) is 5.54 Å². The average molecular weight is 304 g/mol. The highest BCUT2D eigenvalue weighted by atomic mass is 79.9. The largest absolute Gasteiger partial charge is 0.321 e. The molecule has 1 aliphatic rings. The average Bonchev–Trinajstić information content (AvgIpc) is 2.11. The molecule has 1 saturated carbocycles. The Labute approximate surface area is 104 Å². The van der Waals surface area contributed by atoms with Crippen LogP contribution in [-0.4, -0.2) is 14.7 Å². The van der Waals surface area contributed by atoms with Gasteiger partial charge in [0, 0.05) is 16.3 Å². The quantitative estimate of drug-likeness (QED) is 0.911. The van der Waals surface area contributed by atoms with Crippen molar-refractivity contribution in [3.05, 3.63) is 28.2 Å². The molecule has 0 amide bonds. The molecule has 0 radical (unpaired) electrons. The third-order valence-electron chi connectivity index (χ3n) is 3.12. The number of nitrogens with two attached hydrogens (primary N) is 1. The van der Waals surface area contributed by atoms with Crippen LogP contribution in [0, 0.1) is 0 Å². The van der Waals surface area contributed by atoms with Crippen molar-refractivity contribution >= 4 is 25.8 Å². The van der Waals surface area contributed by atoms with Crippen LogP contribution in [0.15, 0.2) is 27.6 Å². The molecule has 0 atom stereocenters. The lowest BCUT2D eigenvalue weighted by Crippen LogP contribution is -2.43. The first-order valence-corrected chi connectivity index (χ1v) is 7.80. The van der Waals surface area contributed by atoms with Crippen molar-refractivity contribution in [2.75, 3.05) is 6.26 Å². The number of sulfone groups is 1. The summed E-state index contributed by atoms with van der Waals surface area (Å²) in [4.78, 5) is 0.327. The topological polar surface area (TPSA) is 60.2 Å².